The summed E-state index contributed by atoms with van der Waals surface area (Å²) in [6, 6.07) is 7.87. The Balaban J connectivity index is 2.58. The Hall–Kier alpha value is -1.35. The van der Waals surface area contributed by atoms with Crippen molar-refractivity contribution in [3.8, 4) is 0 Å². The summed E-state index contributed by atoms with van der Waals surface area (Å²) < 4.78 is 1.17. The van der Waals surface area contributed by atoms with Gasteiger partial charge in [-0.05, 0) is 30.0 Å². The number of aryl methyl sites for hydroxylation is 1. The van der Waals surface area contributed by atoms with Crippen LogP contribution in [0.1, 0.15) is 10.4 Å². The molecule has 72 valence electrons. The molecule has 0 amide bonds. The first kappa shape index (κ1) is 9.21. The van der Waals surface area contributed by atoms with Gasteiger partial charge in [0.2, 0.25) is 0 Å². The zero-order valence-electron chi connectivity index (χ0n) is 7.78. The summed E-state index contributed by atoms with van der Waals surface area (Å²) in [6.07, 6.45) is 0.105. The molecule has 0 spiro atoms. The fraction of sp³-hybridized carbons (Fsp3) is 0.182. The molecule has 1 N–H and O–H groups in total. The van der Waals surface area contributed by atoms with Gasteiger partial charge in [-0.25, -0.2) is 0 Å². The van der Waals surface area contributed by atoms with Gasteiger partial charge in [-0.2, -0.15) is 0 Å². The molecule has 0 aliphatic rings. The molecule has 14 heavy (non-hydrogen) atoms. The minimum Gasteiger partial charge on any atom is -0.481 e. The Morgan fingerprint density at radius 1 is 1.50 bits per heavy atom. The number of carboxylic acid groups (broad SMARTS) is 1. The second-order valence-electron chi connectivity index (χ2n) is 3.26. The highest BCUT2D eigenvalue weighted by Gasteiger charge is 2.06. The lowest BCUT2D eigenvalue weighted by atomic mass is 10.1. The van der Waals surface area contributed by atoms with Crippen molar-refractivity contribution in [2.24, 2.45) is 0 Å². The van der Waals surface area contributed by atoms with Crippen LogP contribution in [0.2, 0.25) is 0 Å². The first-order valence-electron chi connectivity index (χ1n) is 4.36. The van der Waals surface area contributed by atoms with Crippen LogP contribution in [0.25, 0.3) is 10.1 Å². The highest BCUT2D eigenvalue weighted by Crippen LogP contribution is 2.27. The van der Waals surface area contributed by atoms with Crippen molar-refractivity contribution in [1.29, 1.82) is 0 Å². The van der Waals surface area contributed by atoms with Crippen LogP contribution in [0, 0.1) is 6.92 Å². The third-order valence-corrected chi connectivity index (χ3v) is 3.13. The minimum atomic E-state index is -0.777. The molecule has 0 saturated heterocycles. The lowest BCUT2D eigenvalue weighted by molar-refractivity contribution is -0.136. The van der Waals surface area contributed by atoms with Gasteiger partial charge in [-0.15, -0.1) is 11.3 Å². The largest absolute Gasteiger partial charge is 0.481 e. The Labute approximate surface area is 85.8 Å². The van der Waals surface area contributed by atoms with Crippen molar-refractivity contribution >= 4 is 27.4 Å². The molecule has 0 aliphatic carbocycles. The van der Waals surface area contributed by atoms with Gasteiger partial charge in [-0.1, -0.05) is 12.1 Å². The molecule has 0 saturated carbocycles. The lowest BCUT2D eigenvalue weighted by Gasteiger charge is -1.98. The van der Waals surface area contributed by atoms with E-state index in [0.29, 0.717) is 0 Å². The van der Waals surface area contributed by atoms with Crippen molar-refractivity contribution in [3.05, 3.63) is 34.7 Å². The molecule has 2 nitrogen and oxygen atoms in total. The van der Waals surface area contributed by atoms with Crippen LogP contribution in [-0.2, 0) is 11.2 Å². The van der Waals surface area contributed by atoms with Gasteiger partial charge in [0, 0.05) is 9.58 Å². The van der Waals surface area contributed by atoms with Gasteiger partial charge in [0.1, 0.15) is 0 Å². The average Bonchev–Trinajstić information content (AvgIpc) is 2.45. The Bertz CT molecular complexity index is 485. The van der Waals surface area contributed by atoms with E-state index in [2.05, 4.69) is 6.07 Å². The van der Waals surface area contributed by atoms with Crippen LogP contribution < -0.4 is 0 Å². The molecule has 0 fully saturated rings. The SMILES string of the molecule is Cc1cc2c(CC(=O)O)cccc2s1. The number of hydrogen-bond acceptors (Lipinski definition) is 2. The summed E-state index contributed by atoms with van der Waals surface area (Å²) in [4.78, 5) is 11.8. The molecule has 1 aromatic heterocycles. The molecule has 1 heterocycles. The third-order valence-electron chi connectivity index (χ3n) is 2.12. The van der Waals surface area contributed by atoms with Gasteiger partial charge in [0.15, 0.2) is 0 Å². The minimum absolute atomic E-state index is 0.105. The molecule has 0 aliphatic heterocycles. The fourth-order valence-corrected chi connectivity index (χ4v) is 2.54. The van der Waals surface area contributed by atoms with Crippen molar-refractivity contribution in [2.45, 2.75) is 13.3 Å². The molecular weight excluding hydrogens is 196 g/mol. The number of thiophene rings is 1. The highest BCUT2D eigenvalue weighted by atomic mass is 32.1. The van der Waals surface area contributed by atoms with Crippen LogP contribution in [0.4, 0.5) is 0 Å². The summed E-state index contributed by atoms with van der Waals surface area (Å²) in [7, 11) is 0. The Morgan fingerprint density at radius 2 is 2.29 bits per heavy atom. The molecule has 1 aromatic carbocycles. The zero-order chi connectivity index (χ0) is 10.1. The highest BCUT2D eigenvalue weighted by molar-refractivity contribution is 7.19. The molecule has 3 heteroatoms. The number of rotatable bonds is 2. The summed E-state index contributed by atoms with van der Waals surface area (Å²) in [5.41, 5.74) is 0.902. The van der Waals surface area contributed by atoms with Crippen molar-refractivity contribution in [1.82, 2.24) is 0 Å². The summed E-state index contributed by atoms with van der Waals surface area (Å²) in [6.45, 7) is 2.04. The molecule has 0 radical (unpaired) electrons. The van der Waals surface area contributed by atoms with Gasteiger partial charge in [0.05, 0.1) is 6.42 Å². The maximum atomic E-state index is 10.6. The molecule has 0 unspecified atom stereocenters. The van der Waals surface area contributed by atoms with Crippen LogP contribution in [0.3, 0.4) is 0 Å². The van der Waals surface area contributed by atoms with Gasteiger partial charge < -0.3 is 5.11 Å². The number of benzene rings is 1. The molecular formula is C11H10O2S. The quantitative estimate of drug-likeness (QED) is 0.820. The van der Waals surface area contributed by atoms with E-state index >= 15 is 0 Å². The van der Waals surface area contributed by atoms with Crippen LogP contribution in [-0.4, -0.2) is 11.1 Å². The standard InChI is InChI=1S/C11H10O2S/c1-7-5-9-8(6-11(12)13)3-2-4-10(9)14-7/h2-5H,6H2,1H3,(H,12,13). The second kappa shape index (κ2) is 3.42. The van der Waals surface area contributed by atoms with E-state index < -0.39 is 5.97 Å². The van der Waals surface area contributed by atoms with E-state index in [0.717, 1.165) is 10.9 Å². The first-order valence-corrected chi connectivity index (χ1v) is 5.18. The van der Waals surface area contributed by atoms with E-state index in [1.807, 2.05) is 25.1 Å². The molecule has 2 rings (SSSR count). The summed E-state index contributed by atoms with van der Waals surface area (Å²) in [5.74, 6) is -0.777. The lowest BCUT2D eigenvalue weighted by Crippen LogP contribution is -1.99. The molecule has 0 atom stereocenters. The van der Waals surface area contributed by atoms with Crippen LogP contribution in [0.5, 0.6) is 0 Å². The second-order valence-corrected chi connectivity index (χ2v) is 4.54. The normalized spacial score (nSPS) is 10.6. The fourth-order valence-electron chi connectivity index (χ4n) is 1.57. The average molecular weight is 206 g/mol. The predicted molar refractivity (Wildman–Crippen MR) is 57.9 cm³/mol. The Morgan fingerprint density at radius 3 is 3.00 bits per heavy atom. The topological polar surface area (TPSA) is 37.3 Å². The number of aliphatic carboxylic acids is 1. The van der Waals surface area contributed by atoms with E-state index in [9.17, 15) is 4.79 Å². The summed E-state index contributed by atoms with van der Waals surface area (Å²) >= 11 is 1.70. The van der Waals surface area contributed by atoms with E-state index in [1.165, 1.54) is 9.58 Å². The maximum Gasteiger partial charge on any atom is 0.307 e. The third kappa shape index (κ3) is 1.63. The van der Waals surface area contributed by atoms with E-state index in [4.69, 9.17) is 5.11 Å². The Kier molecular flexibility index (Phi) is 2.25. The number of carbonyl (C=O) groups is 1. The number of carboxylic acids is 1. The van der Waals surface area contributed by atoms with Crippen molar-refractivity contribution in [2.75, 3.05) is 0 Å². The van der Waals surface area contributed by atoms with Crippen LogP contribution in [0.15, 0.2) is 24.3 Å². The van der Waals surface area contributed by atoms with E-state index in [-0.39, 0.29) is 6.42 Å². The monoisotopic (exact) mass is 206 g/mol. The molecule has 2 aromatic rings. The maximum absolute atomic E-state index is 10.6. The number of fused-ring (bicyclic) bond motifs is 1. The van der Waals surface area contributed by atoms with E-state index in [1.54, 1.807) is 11.3 Å². The van der Waals surface area contributed by atoms with Gasteiger partial charge in [0.25, 0.3) is 0 Å². The molecule has 0 bridgehead atoms. The predicted octanol–water partition coefficient (Wildman–Crippen LogP) is 2.84. The van der Waals surface area contributed by atoms with Crippen LogP contribution >= 0.6 is 11.3 Å². The first-order chi connectivity index (χ1) is 6.66. The zero-order valence-corrected chi connectivity index (χ0v) is 8.60. The van der Waals surface area contributed by atoms with Gasteiger partial charge in [-0.3, -0.25) is 4.79 Å². The van der Waals surface area contributed by atoms with Crippen molar-refractivity contribution < 1.29 is 9.90 Å². The van der Waals surface area contributed by atoms with Crippen molar-refractivity contribution in [3.63, 3.8) is 0 Å². The summed E-state index contributed by atoms with van der Waals surface area (Å²) in [5, 5.41) is 9.82. The number of hydrogen-bond donors (Lipinski definition) is 1. The van der Waals surface area contributed by atoms with Gasteiger partial charge >= 0.3 is 5.97 Å². The smallest absolute Gasteiger partial charge is 0.307 e.